The number of Topliss-reactive ketones (excluding diaryl/α,β-unsaturated/α-hetero) is 1. The molecule has 0 bridgehead atoms. The number of rotatable bonds is 9. The molecule has 0 spiro atoms. The standard InChI is InChI=1S/C13H20NO4PS/c1-5-17-19(20,18-6-2)14-13(10(3)11(4)15)12-8-7-9-16-12/h7-9,13H,3,5-6H2,1-2,4H3,(H,14,20). The van der Waals surface area contributed by atoms with Crippen molar-refractivity contribution in [2.45, 2.75) is 26.8 Å². The van der Waals surface area contributed by atoms with Gasteiger partial charge in [0.25, 0.3) is 6.64 Å². The zero-order valence-corrected chi connectivity index (χ0v) is 13.6. The molecule has 1 aromatic heterocycles. The van der Waals surface area contributed by atoms with Crippen molar-refractivity contribution < 1.29 is 18.3 Å². The van der Waals surface area contributed by atoms with E-state index in [0.717, 1.165) is 0 Å². The van der Waals surface area contributed by atoms with Gasteiger partial charge in [0, 0.05) is 5.57 Å². The molecule has 5 nitrogen and oxygen atoms in total. The quantitative estimate of drug-likeness (QED) is 0.557. The Morgan fingerprint density at radius 1 is 1.50 bits per heavy atom. The Hall–Kier alpha value is -0.780. The van der Waals surface area contributed by atoms with E-state index in [1.54, 1.807) is 12.1 Å². The molecule has 1 atom stereocenters. The van der Waals surface area contributed by atoms with Crippen LogP contribution in [0.1, 0.15) is 32.6 Å². The van der Waals surface area contributed by atoms with Crippen molar-refractivity contribution in [2.24, 2.45) is 0 Å². The highest BCUT2D eigenvalue weighted by atomic mass is 32.5. The van der Waals surface area contributed by atoms with Gasteiger partial charge in [0.05, 0.1) is 19.5 Å². The van der Waals surface area contributed by atoms with E-state index in [1.165, 1.54) is 13.2 Å². The van der Waals surface area contributed by atoms with E-state index < -0.39 is 12.7 Å². The minimum Gasteiger partial charge on any atom is -0.467 e. The predicted molar refractivity (Wildman–Crippen MR) is 81.9 cm³/mol. The van der Waals surface area contributed by atoms with Crippen LogP contribution in [0.15, 0.2) is 35.0 Å². The van der Waals surface area contributed by atoms with E-state index in [4.69, 9.17) is 25.3 Å². The molecule has 112 valence electrons. The van der Waals surface area contributed by atoms with Crippen LogP contribution in [0.2, 0.25) is 0 Å². The molecular weight excluding hydrogens is 297 g/mol. The molecule has 0 radical (unpaired) electrons. The maximum atomic E-state index is 11.6. The average molecular weight is 317 g/mol. The first-order valence-electron chi connectivity index (χ1n) is 6.33. The smallest absolute Gasteiger partial charge is 0.262 e. The predicted octanol–water partition coefficient (Wildman–Crippen LogP) is 3.35. The van der Waals surface area contributed by atoms with Crippen molar-refractivity contribution in [1.29, 1.82) is 0 Å². The first kappa shape index (κ1) is 17.3. The van der Waals surface area contributed by atoms with E-state index in [2.05, 4.69) is 11.7 Å². The number of furan rings is 1. The van der Waals surface area contributed by atoms with Crippen LogP contribution < -0.4 is 5.09 Å². The van der Waals surface area contributed by atoms with Gasteiger partial charge in [0.1, 0.15) is 11.8 Å². The van der Waals surface area contributed by atoms with Gasteiger partial charge in [-0.15, -0.1) is 0 Å². The van der Waals surface area contributed by atoms with Gasteiger partial charge in [0.15, 0.2) is 5.78 Å². The molecule has 1 unspecified atom stereocenters. The van der Waals surface area contributed by atoms with Gasteiger partial charge in [-0.05, 0) is 44.7 Å². The summed E-state index contributed by atoms with van der Waals surface area (Å²) in [5.41, 5.74) is 0.355. The van der Waals surface area contributed by atoms with Crippen molar-refractivity contribution in [3.8, 4) is 0 Å². The lowest BCUT2D eigenvalue weighted by molar-refractivity contribution is -0.113. The minimum absolute atomic E-state index is 0.145. The summed E-state index contributed by atoms with van der Waals surface area (Å²) in [4.78, 5) is 11.6. The molecule has 0 fully saturated rings. The van der Waals surface area contributed by atoms with Crippen LogP contribution in [-0.4, -0.2) is 19.0 Å². The number of ketones is 1. The minimum atomic E-state index is -2.70. The second-order valence-electron chi connectivity index (χ2n) is 3.99. The molecule has 0 saturated heterocycles. The summed E-state index contributed by atoms with van der Waals surface area (Å²) in [6.07, 6.45) is 1.53. The van der Waals surface area contributed by atoms with Gasteiger partial charge in [-0.1, -0.05) is 6.58 Å². The normalized spacial score (nSPS) is 13.2. The van der Waals surface area contributed by atoms with E-state index >= 15 is 0 Å². The summed E-state index contributed by atoms with van der Waals surface area (Å²) in [7, 11) is 0. The maximum Gasteiger partial charge on any atom is 0.262 e. The van der Waals surface area contributed by atoms with Gasteiger partial charge in [-0.2, -0.15) is 0 Å². The first-order chi connectivity index (χ1) is 9.43. The lowest BCUT2D eigenvalue weighted by Crippen LogP contribution is -2.24. The highest BCUT2D eigenvalue weighted by molar-refractivity contribution is 8.09. The third kappa shape index (κ3) is 4.65. The second-order valence-corrected chi connectivity index (χ2v) is 7.20. The Morgan fingerprint density at radius 2 is 2.10 bits per heavy atom. The monoisotopic (exact) mass is 317 g/mol. The second kappa shape index (κ2) is 7.86. The molecule has 1 heterocycles. The summed E-state index contributed by atoms with van der Waals surface area (Å²) in [6, 6.07) is 2.94. The van der Waals surface area contributed by atoms with Crippen LogP contribution >= 0.6 is 6.64 Å². The van der Waals surface area contributed by atoms with E-state index in [-0.39, 0.29) is 5.78 Å². The van der Waals surface area contributed by atoms with Gasteiger partial charge >= 0.3 is 0 Å². The first-order valence-corrected chi connectivity index (χ1v) is 8.97. The number of carbonyl (C=O) groups is 1. The van der Waals surface area contributed by atoms with Gasteiger partial charge in [0.2, 0.25) is 0 Å². The Bertz CT molecular complexity index is 490. The fourth-order valence-corrected chi connectivity index (χ4v) is 4.03. The van der Waals surface area contributed by atoms with Crippen LogP contribution in [0.25, 0.3) is 0 Å². The number of hydrogen-bond acceptors (Lipinski definition) is 5. The van der Waals surface area contributed by atoms with Crippen molar-refractivity contribution in [2.75, 3.05) is 13.2 Å². The Balaban J connectivity index is 3.03. The SMILES string of the molecule is C=C(C(C)=O)C(NP(=S)(OCC)OCC)c1ccco1. The highest BCUT2D eigenvalue weighted by Crippen LogP contribution is 2.47. The molecule has 7 heteroatoms. The molecule has 0 saturated carbocycles. The van der Waals surface area contributed by atoms with Gasteiger partial charge in [-0.25, -0.2) is 5.09 Å². The van der Waals surface area contributed by atoms with E-state index in [0.29, 0.717) is 24.5 Å². The Kier molecular flexibility index (Phi) is 6.79. The summed E-state index contributed by atoms with van der Waals surface area (Å²) in [5.74, 6) is 0.410. The molecule has 1 N–H and O–H groups in total. The Labute approximate surface area is 124 Å². The molecule has 0 aliphatic heterocycles. The summed E-state index contributed by atoms with van der Waals surface area (Å²) in [5, 5.41) is 3.08. The molecule has 1 aromatic rings. The molecule has 20 heavy (non-hydrogen) atoms. The van der Waals surface area contributed by atoms with Crippen molar-refractivity contribution in [1.82, 2.24) is 5.09 Å². The molecule has 0 amide bonds. The number of hydrogen-bond donors (Lipinski definition) is 1. The third-order valence-corrected chi connectivity index (χ3v) is 5.23. The van der Waals surface area contributed by atoms with Crippen LogP contribution in [-0.2, 0) is 25.6 Å². The fraction of sp³-hybridized carbons (Fsp3) is 0.462. The largest absolute Gasteiger partial charge is 0.467 e. The summed E-state index contributed by atoms with van der Waals surface area (Å²) < 4.78 is 16.4. The lowest BCUT2D eigenvalue weighted by atomic mass is 10.0. The van der Waals surface area contributed by atoms with Gasteiger partial charge < -0.3 is 13.5 Å². The van der Waals surface area contributed by atoms with E-state index in [1.807, 2.05) is 13.8 Å². The Morgan fingerprint density at radius 3 is 2.50 bits per heavy atom. The van der Waals surface area contributed by atoms with E-state index in [9.17, 15) is 4.79 Å². The van der Waals surface area contributed by atoms with Crippen LogP contribution in [0.3, 0.4) is 0 Å². The molecule has 0 aliphatic rings. The maximum absolute atomic E-state index is 11.6. The summed E-state index contributed by atoms with van der Waals surface area (Å²) in [6.45, 7) is 7.06. The summed E-state index contributed by atoms with van der Waals surface area (Å²) >= 11 is 5.42. The van der Waals surface area contributed by atoms with Crippen LogP contribution in [0, 0.1) is 0 Å². The molecule has 0 aromatic carbocycles. The average Bonchev–Trinajstić information content (AvgIpc) is 2.89. The topological polar surface area (TPSA) is 60.7 Å². The van der Waals surface area contributed by atoms with Crippen molar-refractivity contribution in [3.05, 3.63) is 36.3 Å². The van der Waals surface area contributed by atoms with Crippen molar-refractivity contribution in [3.63, 3.8) is 0 Å². The number of nitrogens with one attached hydrogen (secondary N) is 1. The molecule has 0 aliphatic carbocycles. The third-order valence-electron chi connectivity index (χ3n) is 2.51. The number of carbonyl (C=O) groups excluding carboxylic acids is 1. The highest BCUT2D eigenvalue weighted by Gasteiger charge is 2.29. The van der Waals surface area contributed by atoms with Crippen molar-refractivity contribution >= 4 is 24.2 Å². The fourth-order valence-electron chi connectivity index (χ4n) is 1.58. The molecular formula is C13H20NO4PS. The molecule has 1 rings (SSSR count). The van der Waals surface area contributed by atoms with Crippen LogP contribution in [0.5, 0.6) is 0 Å². The zero-order chi connectivity index (χ0) is 15.2. The lowest BCUT2D eigenvalue weighted by Gasteiger charge is -2.27. The van der Waals surface area contributed by atoms with Crippen LogP contribution in [0.4, 0.5) is 0 Å². The van der Waals surface area contributed by atoms with Gasteiger partial charge in [-0.3, -0.25) is 4.79 Å². The zero-order valence-electron chi connectivity index (χ0n) is 11.9.